The van der Waals surface area contributed by atoms with Crippen LogP contribution in [0.15, 0.2) is 16.8 Å². The first-order valence-corrected chi connectivity index (χ1v) is 7.91. The minimum atomic E-state index is 0.208. The predicted octanol–water partition coefficient (Wildman–Crippen LogP) is 3.89. The summed E-state index contributed by atoms with van der Waals surface area (Å²) >= 11 is 1.76. The Morgan fingerprint density at radius 3 is 2.44 bits per heavy atom. The van der Waals surface area contributed by atoms with Gasteiger partial charge in [-0.2, -0.15) is 11.3 Å². The van der Waals surface area contributed by atoms with E-state index in [0.717, 1.165) is 12.3 Å². The molecule has 18 heavy (non-hydrogen) atoms. The molecule has 3 unspecified atom stereocenters. The highest BCUT2D eigenvalue weighted by atomic mass is 32.1. The van der Waals surface area contributed by atoms with E-state index in [-0.39, 0.29) is 6.04 Å². The van der Waals surface area contributed by atoms with Crippen molar-refractivity contribution in [1.82, 2.24) is 4.90 Å². The summed E-state index contributed by atoms with van der Waals surface area (Å²) in [5, 5.41) is 4.38. The molecule has 1 aromatic rings. The highest BCUT2D eigenvalue weighted by Gasteiger charge is 2.26. The Morgan fingerprint density at radius 1 is 1.33 bits per heavy atom. The van der Waals surface area contributed by atoms with E-state index in [4.69, 9.17) is 5.73 Å². The maximum Gasteiger partial charge on any atom is 0.0507 e. The lowest BCUT2D eigenvalue weighted by Gasteiger charge is -2.37. The maximum absolute atomic E-state index is 6.34. The lowest BCUT2D eigenvalue weighted by molar-refractivity contribution is 0.142. The van der Waals surface area contributed by atoms with E-state index in [2.05, 4.69) is 56.5 Å². The van der Waals surface area contributed by atoms with Gasteiger partial charge in [-0.25, -0.2) is 0 Å². The summed E-state index contributed by atoms with van der Waals surface area (Å²) in [5.74, 6) is 0.725. The van der Waals surface area contributed by atoms with Crippen LogP contribution in [0.4, 0.5) is 0 Å². The molecule has 1 heterocycles. The lowest BCUT2D eigenvalue weighted by atomic mass is 9.95. The Morgan fingerprint density at radius 2 is 2.00 bits per heavy atom. The second-order valence-electron chi connectivity index (χ2n) is 5.72. The second kappa shape index (κ2) is 7.27. The quantitative estimate of drug-likeness (QED) is 0.813. The summed E-state index contributed by atoms with van der Waals surface area (Å²) in [6.07, 6.45) is 2.23. The molecule has 3 heteroatoms. The van der Waals surface area contributed by atoms with Crippen LogP contribution in [0.2, 0.25) is 0 Å². The van der Waals surface area contributed by atoms with Crippen LogP contribution in [0.3, 0.4) is 0 Å². The molecule has 0 aliphatic rings. The molecule has 0 aromatic carbocycles. The van der Waals surface area contributed by atoms with Gasteiger partial charge in [0.15, 0.2) is 0 Å². The van der Waals surface area contributed by atoms with E-state index in [9.17, 15) is 0 Å². The van der Waals surface area contributed by atoms with Crippen LogP contribution in [0, 0.1) is 5.92 Å². The van der Waals surface area contributed by atoms with E-state index in [1.807, 2.05) is 0 Å². The van der Waals surface area contributed by atoms with Crippen molar-refractivity contribution in [2.75, 3.05) is 7.05 Å². The van der Waals surface area contributed by atoms with Crippen molar-refractivity contribution in [2.24, 2.45) is 11.7 Å². The molecule has 1 aromatic heterocycles. The highest BCUT2D eigenvalue weighted by molar-refractivity contribution is 7.07. The van der Waals surface area contributed by atoms with E-state index < -0.39 is 0 Å². The van der Waals surface area contributed by atoms with Gasteiger partial charge in [-0.15, -0.1) is 0 Å². The Labute approximate surface area is 116 Å². The summed E-state index contributed by atoms with van der Waals surface area (Å²) in [5.41, 5.74) is 7.71. The third-order valence-corrected chi connectivity index (χ3v) is 4.41. The third kappa shape index (κ3) is 4.08. The molecule has 0 bridgehead atoms. The van der Waals surface area contributed by atoms with Gasteiger partial charge >= 0.3 is 0 Å². The van der Waals surface area contributed by atoms with Gasteiger partial charge < -0.3 is 5.73 Å². The van der Waals surface area contributed by atoms with Crippen molar-refractivity contribution in [2.45, 2.75) is 58.7 Å². The first-order chi connectivity index (χ1) is 8.47. The Kier molecular flexibility index (Phi) is 6.33. The number of rotatable bonds is 7. The minimum absolute atomic E-state index is 0.208. The summed E-state index contributed by atoms with van der Waals surface area (Å²) < 4.78 is 0. The molecule has 0 aliphatic carbocycles. The first-order valence-electron chi connectivity index (χ1n) is 6.96. The van der Waals surface area contributed by atoms with Crippen LogP contribution in [-0.4, -0.2) is 24.0 Å². The van der Waals surface area contributed by atoms with Crippen molar-refractivity contribution in [3.63, 3.8) is 0 Å². The van der Waals surface area contributed by atoms with Crippen LogP contribution in [0.5, 0.6) is 0 Å². The standard InChI is InChI=1S/C15H28N2S/c1-6-14(16)15(13-7-8-18-10-13)17(5)12(4)9-11(2)3/h7-8,10-12,14-15H,6,9,16H2,1-5H3. The van der Waals surface area contributed by atoms with Crippen molar-refractivity contribution in [3.05, 3.63) is 22.4 Å². The van der Waals surface area contributed by atoms with E-state index in [1.54, 1.807) is 11.3 Å². The van der Waals surface area contributed by atoms with E-state index >= 15 is 0 Å². The van der Waals surface area contributed by atoms with Gasteiger partial charge in [0.2, 0.25) is 0 Å². The van der Waals surface area contributed by atoms with Crippen LogP contribution < -0.4 is 5.73 Å². The van der Waals surface area contributed by atoms with Crippen LogP contribution in [0.1, 0.15) is 52.1 Å². The fraction of sp³-hybridized carbons (Fsp3) is 0.733. The number of nitrogens with zero attached hydrogens (tertiary/aromatic N) is 1. The lowest BCUT2D eigenvalue weighted by Crippen LogP contribution is -2.43. The molecule has 3 atom stereocenters. The van der Waals surface area contributed by atoms with Gasteiger partial charge in [0.25, 0.3) is 0 Å². The van der Waals surface area contributed by atoms with Crippen LogP contribution in [-0.2, 0) is 0 Å². The molecular weight excluding hydrogens is 240 g/mol. The summed E-state index contributed by atoms with van der Waals surface area (Å²) in [6, 6.07) is 3.32. The topological polar surface area (TPSA) is 29.3 Å². The highest BCUT2D eigenvalue weighted by Crippen LogP contribution is 2.28. The fourth-order valence-electron chi connectivity index (χ4n) is 2.57. The van der Waals surface area contributed by atoms with Crippen molar-refractivity contribution in [3.8, 4) is 0 Å². The summed E-state index contributed by atoms with van der Waals surface area (Å²) in [7, 11) is 2.21. The van der Waals surface area contributed by atoms with Gasteiger partial charge in [0.05, 0.1) is 6.04 Å². The molecule has 2 nitrogen and oxygen atoms in total. The zero-order valence-electron chi connectivity index (χ0n) is 12.4. The van der Waals surface area contributed by atoms with E-state index in [1.165, 1.54) is 12.0 Å². The molecule has 0 amide bonds. The molecule has 0 aliphatic heterocycles. The molecule has 104 valence electrons. The summed E-state index contributed by atoms with van der Waals surface area (Å²) in [6.45, 7) is 9.04. The molecule has 0 saturated heterocycles. The molecule has 2 N–H and O–H groups in total. The Balaban J connectivity index is 2.83. The zero-order chi connectivity index (χ0) is 13.7. The van der Waals surface area contributed by atoms with Gasteiger partial charge in [-0.05, 0) is 55.1 Å². The Hall–Kier alpha value is -0.380. The van der Waals surface area contributed by atoms with Gasteiger partial charge in [0, 0.05) is 12.1 Å². The normalized spacial score (nSPS) is 17.1. The van der Waals surface area contributed by atoms with Gasteiger partial charge in [0.1, 0.15) is 0 Å². The number of nitrogens with two attached hydrogens (primary N) is 1. The molecule has 0 fully saturated rings. The average molecular weight is 268 g/mol. The molecular formula is C15H28N2S. The number of thiophene rings is 1. The monoisotopic (exact) mass is 268 g/mol. The SMILES string of the molecule is CCC(N)C(c1ccsc1)N(C)C(C)CC(C)C. The fourth-order valence-corrected chi connectivity index (χ4v) is 3.26. The zero-order valence-corrected chi connectivity index (χ0v) is 13.2. The van der Waals surface area contributed by atoms with Crippen molar-refractivity contribution >= 4 is 11.3 Å². The smallest absolute Gasteiger partial charge is 0.0507 e. The van der Waals surface area contributed by atoms with Crippen LogP contribution >= 0.6 is 11.3 Å². The number of hydrogen-bond donors (Lipinski definition) is 1. The van der Waals surface area contributed by atoms with Crippen molar-refractivity contribution < 1.29 is 0 Å². The number of likely N-dealkylation sites (N-methyl/N-ethyl adjacent to an activating group) is 1. The third-order valence-electron chi connectivity index (χ3n) is 3.71. The molecule has 0 spiro atoms. The average Bonchev–Trinajstić information content (AvgIpc) is 2.81. The molecule has 0 saturated carbocycles. The number of hydrogen-bond acceptors (Lipinski definition) is 3. The van der Waals surface area contributed by atoms with Crippen LogP contribution in [0.25, 0.3) is 0 Å². The first kappa shape index (κ1) is 15.7. The largest absolute Gasteiger partial charge is 0.326 e. The predicted molar refractivity (Wildman–Crippen MR) is 82.0 cm³/mol. The van der Waals surface area contributed by atoms with Crippen molar-refractivity contribution in [1.29, 1.82) is 0 Å². The van der Waals surface area contributed by atoms with E-state index in [0.29, 0.717) is 12.1 Å². The second-order valence-corrected chi connectivity index (χ2v) is 6.50. The van der Waals surface area contributed by atoms with Gasteiger partial charge in [-0.3, -0.25) is 4.90 Å². The summed E-state index contributed by atoms with van der Waals surface area (Å²) in [4.78, 5) is 2.45. The maximum atomic E-state index is 6.34. The Bertz CT molecular complexity index is 321. The molecule has 0 radical (unpaired) electrons. The minimum Gasteiger partial charge on any atom is -0.326 e. The molecule has 1 rings (SSSR count). The van der Waals surface area contributed by atoms with Gasteiger partial charge in [-0.1, -0.05) is 20.8 Å².